The number of nitrogens with one attached hydrogen (secondary N) is 1. The second kappa shape index (κ2) is 7.41. The number of hydrogen-bond acceptors (Lipinski definition) is 3. The molecule has 0 radical (unpaired) electrons. The molecular formula is C16H31N3O. The predicted octanol–water partition coefficient (Wildman–Crippen LogP) is 1.85. The molecule has 0 aromatic rings. The average molecular weight is 281 g/mol. The minimum Gasteiger partial charge on any atom is -0.336 e. The Labute approximate surface area is 123 Å². The van der Waals surface area contributed by atoms with Gasteiger partial charge in [0.05, 0.1) is 6.54 Å². The molecule has 1 amide bonds. The van der Waals surface area contributed by atoms with E-state index in [0.29, 0.717) is 30.6 Å². The van der Waals surface area contributed by atoms with Crippen LogP contribution >= 0.6 is 0 Å². The van der Waals surface area contributed by atoms with E-state index in [4.69, 9.17) is 0 Å². The second-order valence-electron chi connectivity index (χ2n) is 6.70. The molecule has 1 N–H and O–H groups in total. The molecule has 1 saturated heterocycles. The van der Waals surface area contributed by atoms with Gasteiger partial charge in [-0.3, -0.25) is 9.69 Å². The Morgan fingerprint density at radius 2 is 1.95 bits per heavy atom. The van der Waals surface area contributed by atoms with Gasteiger partial charge in [0, 0.05) is 31.2 Å². The summed E-state index contributed by atoms with van der Waals surface area (Å²) in [5.74, 6) is 0.337. The van der Waals surface area contributed by atoms with Crippen LogP contribution in [0.2, 0.25) is 0 Å². The van der Waals surface area contributed by atoms with Crippen molar-refractivity contribution in [2.45, 2.75) is 70.5 Å². The first-order valence-corrected chi connectivity index (χ1v) is 8.32. The Morgan fingerprint density at radius 3 is 2.50 bits per heavy atom. The Balaban J connectivity index is 1.90. The van der Waals surface area contributed by atoms with Crippen molar-refractivity contribution >= 4 is 5.91 Å². The topological polar surface area (TPSA) is 35.6 Å². The van der Waals surface area contributed by atoms with Gasteiger partial charge in [0.2, 0.25) is 5.91 Å². The molecule has 0 spiro atoms. The molecule has 0 bridgehead atoms. The third-order valence-corrected chi connectivity index (χ3v) is 4.85. The van der Waals surface area contributed by atoms with Crippen molar-refractivity contribution in [3.8, 4) is 0 Å². The molecule has 1 unspecified atom stereocenters. The maximum Gasteiger partial charge on any atom is 0.237 e. The zero-order chi connectivity index (χ0) is 14.5. The van der Waals surface area contributed by atoms with Gasteiger partial charge in [0.15, 0.2) is 0 Å². The molecule has 4 heteroatoms. The van der Waals surface area contributed by atoms with Crippen molar-refractivity contribution in [3.05, 3.63) is 0 Å². The number of carbonyl (C=O) groups is 1. The number of hydrogen-bond donors (Lipinski definition) is 1. The molecule has 1 aliphatic heterocycles. The van der Waals surface area contributed by atoms with E-state index in [1.807, 2.05) is 7.05 Å². The lowest BCUT2D eigenvalue weighted by molar-refractivity contribution is -0.137. The fourth-order valence-corrected chi connectivity index (χ4v) is 3.76. The summed E-state index contributed by atoms with van der Waals surface area (Å²) >= 11 is 0. The van der Waals surface area contributed by atoms with E-state index >= 15 is 0 Å². The first-order valence-electron chi connectivity index (χ1n) is 8.32. The summed E-state index contributed by atoms with van der Waals surface area (Å²) in [6, 6.07) is 1.37. The van der Waals surface area contributed by atoms with Gasteiger partial charge in [-0.1, -0.05) is 19.3 Å². The molecular weight excluding hydrogens is 250 g/mol. The quantitative estimate of drug-likeness (QED) is 0.835. The van der Waals surface area contributed by atoms with Crippen LogP contribution in [0.5, 0.6) is 0 Å². The lowest BCUT2D eigenvalue weighted by Crippen LogP contribution is -2.49. The standard InChI is InChI=1S/C16H31N3O/c1-13(2)19(15-7-5-4-6-8-15)16(20)12-18-10-9-14(11-18)17-3/h13-15,17H,4-12H2,1-3H3. The summed E-state index contributed by atoms with van der Waals surface area (Å²) in [5, 5.41) is 3.32. The molecule has 2 rings (SSSR count). The Bertz CT molecular complexity index is 313. The van der Waals surface area contributed by atoms with Gasteiger partial charge >= 0.3 is 0 Å². The number of rotatable bonds is 5. The average Bonchev–Trinajstić information content (AvgIpc) is 2.87. The number of nitrogens with zero attached hydrogens (tertiary/aromatic N) is 2. The van der Waals surface area contributed by atoms with Gasteiger partial charge in [0.25, 0.3) is 0 Å². The highest BCUT2D eigenvalue weighted by molar-refractivity contribution is 5.79. The van der Waals surface area contributed by atoms with Crippen LogP contribution in [0.4, 0.5) is 0 Å². The SMILES string of the molecule is CNC1CCN(CC(=O)N(C(C)C)C2CCCCC2)C1. The van der Waals surface area contributed by atoms with E-state index in [9.17, 15) is 4.79 Å². The predicted molar refractivity (Wildman–Crippen MR) is 82.8 cm³/mol. The smallest absolute Gasteiger partial charge is 0.237 e. The molecule has 0 aromatic carbocycles. The minimum absolute atomic E-state index is 0.327. The first kappa shape index (κ1) is 15.8. The van der Waals surface area contributed by atoms with Crippen molar-refractivity contribution in [1.82, 2.24) is 15.1 Å². The summed E-state index contributed by atoms with van der Waals surface area (Å²) in [6.07, 6.45) is 7.47. The van der Waals surface area contributed by atoms with Gasteiger partial charge < -0.3 is 10.2 Å². The van der Waals surface area contributed by atoms with Crippen LogP contribution in [0.15, 0.2) is 0 Å². The van der Waals surface area contributed by atoms with Crippen LogP contribution in [0.1, 0.15) is 52.4 Å². The molecule has 4 nitrogen and oxygen atoms in total. The van der Waals surface area contributed by atoms with Crippen LogP contribution in [0.3, 0.4) is 0 Å². The van der Waals surface area contributed by atoms with Crippen molar-refractivity contribution in [2.24, 2.45) is 0 Å². The van der Waals surface area contributed by atoms with E-state index in [-0.39, 0.29) is 0 Å². The lowest BCUT2D eigenvalue weighted by Gasteiger charge is -2.38. The van der Waals surface area contributed by atoms with E-state index < -0.39 is 0 Å². The maximum absolute atomic E-state index is 12.7. The highest BCUT2D eigenvalue weighted by Gasteiger charge is 2.30. The highest BCUT2D eigenvalue weighted by atomic mass is 16.2. The third-order valence-electron chi connectivity index (χ3n) is 4.85. The first-order chi connectivity index (χ1) is 9.61. The third kappa shape index (κ3) is 3.95. The minimum atomic E-state index is 0.327. The van der Waals surface area contributed by atoms with Crippen LogP contribution in [-0.4, -0.2) is 60.5 Å². The molecule has 1 saturated carbocycles. The van der Waals surface area contributed by atoms with Crippen LogP contribution in [0, 0.1) is 0 Å². The monoisotopic (exact) mass is 281 g/mol. The van der Waals surface area contributed by atoms with E-state index in [1.165, 1.54) is 32.1 Å². The van der Waals surface area contributed by atoms with Gasteiger partial charge in [-0.15, -0.1) is 0 Å². The Hall–Kier alpha value is -0.610. The number of carbonyl (C=O) groups excluding carboxylic acids is 1. The fourth-order valence-electron chi connectivity index (χ4n) is 3.76. The molecule has 1 atom stereocenters. The van der Waals surface area contributed by atoms with Crippen molar-refractivity contribution in [3.63, 3.8) is 0 Å². The summed E-state index contributed by atoms with van der Waals surface area (Å²) in [7, 11) is 2.01. The van der Waals surface area contributed by atoms with Gasteiger partial charge in [-0.25, -0.2) is 0 Å². The van der Waals surface area contributed by atoms with Gasteiger partial charge in [-0.2, -0.15) is 0 Å². The molecule has 20 heavy (non-hydrogen) atoms. The summed E-state index contributed by atoms with van der Waals surface area (Å²) < 4.78 is 0. The van der Waals surface area contributed by atoms with Crippen LogP contribution in [0.25, 0.3) is 0 Å². The molecule has 1 heterocycles. The number of amides is 1. The van der Waals surface area contributed by atoms with Crippen molar-refractivity contribution in [1.29, 1.82) is 0 Å². The zero-order valence-corrected chi connectivity index (χ0v) is 13.4. The molecule has 2 aliphatic rings. The summed E-state index contributed by atoms with van der Waals surface area (Å²) in [4.78, 5) is 17.2. The fraction of sp³-hybridized carbons (Fsp3) is 0.938. The molecule has 1 aliphatic carbocycles. The molecule has 116 valence electrons. The normalized spacial score (nSPS) is 25.3. The lowest BCUT2D eigenvalue weighted by atomic mass is 9.93. The Morgan fingerprint density at radius 1 is 1.25 bits per heavy atom. The van der Waals surface area contributed by atoms with Gasteiger partial charge in [0.1, 0.15) is 0 Å². The summed E-state index contributed by atoms with van der Waals surface area (Å²) in [6.45, 7) is 6.99. The Kier molecular flexibility index (Phi) is 5.85. The van der Waals surface area contributed by atoms with Crippen molar-refractivity contribution < 1.29 is 4.79 Å². The van der Waals surface area contributed by atoms with Gasteiger partial charge in [-0.05, 0) is 40.2 Å². The zero-order valence-electron chi connectivity index (χ0n) is 13.4. The largest absolute Gasteiger partial charge is 0.336 e. The van der Waals surface area contributed by atoms with Crippen LogP contribution in [-0.2, 0) is 4.79 Å². The van der Waals surface area contributed by atoms with E-state index in [1.54, 1.807) is 0 Å². The van der Waals surface area contributed by atoms with Crippen molar-refractivity contribution in [2.75, 3.05) is 26.7 Å². The molecule has 0 aromatic heterocycles. The second-order valence-corrected chi connectivity index (χ2v) is 6.70. The number of likely N-dealkylation sites (N-methyl/N-ethyl adjacent to an activating group) is 1. The number of likely N-dealkylation sites (tertiary alicyclic amines) is 1. The maximum atomic E-state index is 12.7. The van der Waals surface area contributed by atoms with E-state index in [0.717, 1.165) is 19.5 Å². The highest BCUT2D eigenvalue weighted by Crippen LogP contribution is 2.24. The summed E-state index contributed by atoms with van der Waals surface area (Å²) in [5.41, 5.74) is 0. The van der Waals surface area contributed by atoms with E-state index in [2.05, 4.69) is 29.0 Å². The van der Waals surface area contributed by atoms with Crippen LogP contribution < -0.4 is 5.32 Å². The molecule has 2 fully saturated rings.